The lowest BCUT2D eigenvalue weighted by molar-refractivity contribution is 0.0715. The first-order valence-corrected chi connectivity index (χ1v) is 8.92. The molecule has 7 heteroatoms. The molecule has 122 valence electrons. The van der Waals surface area contributed by atoms with Gasteiger partial charge in [0, 0.05) is 17.1 Å². The molecule has 24 heavy (non-hydrogen) atoms. The number of hydrogen-bond acceptors (Lipinski definition) is 5. The van der Waals surface area contributed by atoms with Crippen LogP contribution >= 0.6 is 22.9 Å². The van der Waals surface area contributed by atoms with Crippen LogP contribution in [0.25, 0.3) is 11.4 Å². The largest absolute Gasteiger partial charge is 0.337 e. The highest BCUT2D eigenvalue weighted by molar-refractivity contribution is 7.12. The highest BCUT2D eigenvalue weighted by Gasteiger charge is 2.34. The number of carbonyl (C=O) groups excluding carboxylic acids is 1. The smallest absolute Gasteiger partial charge is 0.264 e. The molecule has 1 atom stereocenters. The summed E-state index contributed by atoms with van der Waals surface area (Å²) in [6.45, 7) is 0.708. The summed E-state index contributed by atoms with van der Waals surface area (Å²) in [5, 5.41) is 6.62. The summed E-state index contributed by atoms with van der Waals surface area (Å²) >= 11 is 7.35. The summed E-state index contributed by atoms with van der Waals surface area (Å²) in [4.78, 5) is 19.7. The van der Waals surface area contributed by atoms with Gasteiger partial charge in [0.2, 0.25) is 11.7 Å². The van der Waals surface area contributed by atoms with Gasteiger partial charge in [-0.3, -0.25) is 4.79 Å². The SMILES string of the molecule is O=C(c1cccs1)N1CCCC1c1nc(-c2ccc(Cl)cc2)no1. The molecule has 1 aromatic carbocycles. The van der Waals surface area contributed by atoms with Gasteiger partial charge in [0.05, 0.1) is 4.88 Å². The van der Waals surface area contributed by atoms with Crippen LogP contribution in [0.4, 0.5) is 0 Å². The number of rotatable bonds is 3. The Balaban J connectivity index is 1.59. The lowest BCUT2D eigenvalue weighted by Gasteiger charge is -2.20. The number of carbonyl (C=O) groups is 1. The minimum absolute atomic E-state index is 0.0266. The van der Waals surface area contributed by atoms with Crippen LogP contribution < -0.4 is 0 Å². The Bertz CT molecular complexity index is 845. The molecule has 1 fully saturated rings. The van der Waals surface area contributed by atoms with E-state index in [1.807, 2.05) is 34.5 Å². The van der Waals surface area contributed by atoms with E-state index in [9.17, 15) is 4.79 Å². The van der Waals surface area contributed by atoms with Crippen molar-refractivity contribution in [2.45, 2.75) is 18.9 Å². The second kappa shape index (κ2) is 6.37. The summed E-state index contributed by atoms with van der Waals surface area (Å²) in [6.07, 6.45) is 1.76. The first-order valence-electron chi connectivity index (χ1n) is 7.66. The third kappa shape index (κ3) is 2.83. The van der Waals surface area contributed by atoms with Crippen LogP contribution in [0.1, 0.15) is 34.4 Å². The van der Waals surface area contributed by atoms with Gasteiger partial charge in [-0.1, -0.05) is 22.8 Å². The second-order valence-electron chi connectivity index (χ2n) is 5.60. The number of nitrogens with zero attached hydrogens (tertiary/aromatic N) is 3. The quantitative estimate of drug-likeness (QED) is 0.694. The van der Waals surface area contributed by atoms with Crippen LogP contribution in [0, 0.1) is 0 Å². The molecular formula is C17H14ClN3O2S. The van der Waals surface area contributed by atoms with E-state index in [-0.39, 0.29) is 11.9 Å². The number of thiophene rings is 1. The molecule has 0 aliphatic carbocycles. The first kappa shape index (κ1) is 15.4. The van der Waals surface area contributed by atoms with E-state index < -0.39 is 0 Å². The van der Waals surface area contributed by atoms with E-state index in [2.05, 4.69) is 10.1 Å². The molecular weight excluding hydrogens is 346 g/mol. The molecule has 2 aromatic heterocycles. The third-order valence-corrected chi connectivity index (χ3v) is 5.18. The molecule has 1 aliphatic heterocycles. The lowest BCUT2D eigenvalue weighted by atomic mass is 10.2. The number of benzene rings is 1. The van der Waals surface area contributed by atoms with Gasteiger partial charge in [0.25, 0.3) is 5.91 Å². The van der Waals surface area contributed by atoms with E-state index in [4.69, 9.17) is 16.1 Å². The Morgan fingerprint density at radius 3 is 2.88 bits per heavy atom. The van der Waals surface area contributed by atoms with Gasteiger partial charge in [-0.25, -0.2) is 0 Å². The zero-order valence-corrected chi connectivity index (χ0v) is 14.3. The van der Waals surface area contributed by atoms with Crippen molar-refractivity contribution in [1.82, 2.24) is 15.0 Å². The minimum Gasteiger partial charge on any atom is -0.337 e. The molecule has 4 rings (SSSR count). The monoisotopic (exact) mass is 359 g/mol. The molecule has 3 aromatic rings. The zero-order valence-electron chi connectivity index (χ0n) is 12.7. The second-order valence-corrected chi connectivity index (χ2v) is 6.98. The van der Waals surface area contributed by atoms with Crippen LogP contribution in [-0.2, 0) is 0 Å². The van der Waals surface area contributed by atoms with Crippen molar-refractivity contribution in [3.8, 4) is 11.4 Å². The topological polar surface area (TPSA) is 59.2 Å². The highest BCUT2D eigenvalue weighted by Crippen LogP contribution is 2.33. The van der Waals surface area contributed by atoms with Crippen molar-refractivity contribution >= 4 is 28.8 Å². The predicted molar refractivity (Wildman–Crippen MR) is 92.1 cm³/mol. The average Bonchev–Trinajstić information content (AvgIpc) is 3.34. The maximum absolute atomic E-state index is 12.6. The molecule has 1 unspecified atom stereocenters. The van der Waals surface area contributed by atoms with Gasteiger partial charge in [0.15, 0.2) is 0 Å². The number of halogens is 1. The van der Waals surface area contributed by atoms with Gasteiger partial charge in [0.1, 0.15) is 6.04 Å². The molecule has 0 bridgehead atoms. The maximum atomic E-state index is 12.6. The fourth-order valence-electron chi connectivity index (χ4n) is 2.90. The highest BCUT2D eigenvalue weighted by atomic mass is 35.5. The normalized spacial score (nSPS) is 17.4. The molecule has 5 nitrogen and oxygen atoms in total. The molecule has 1 saturated heterocycles. The van der Waals surface area contributed by atoms with Crippen LogP contribution in [0.5, 0.6) is 0 Å². The molecule has 0 N–H and O–H groups in total. The van der Waals surface area contributed by atoms with Crippen molar-refractivity contribution < 1.29 is 9.32 Å². The minimum atomic E-state index is -0.159. The van der Waals surface area contributed by atoms with E-state index in [0.717, 1.165) is 23.3 Å². The Labute approximate surface area is 147 Å². The fourth-order valence-corrected chi connectivity index (χ4v) is 3.70. The zero-order chi connectivity index (χ0) is 16.5. The summed E-state index contributed by atoms with van der Waals surface area (Å²) in [7, 11) is 0. The van der Waals surface area contributed by atoms with Crippen molar-refractivity contribution in [3.63, 3.8) is 0 Å². The Hall–Kier alpha value is -2.18. The van der Waals surface area contributed by atoms with E-state index >= 15 is 0 Å². The van der Waals surface area contributed by atoms with E-state index in [1.54, 1.807) is 12.1 Å². The van der Waals surface area contributed by atoms with Crippen LogP contribution in [0.2, 0.25) is 5.02 Å². The number of amides is 1. The van der Waals surface area contributed by atoms with Crippen molar-refractivity contribution in [2.75, 3.05) is 6.54 Å². The summed E-state index contributed by atoms with van der Waals surface area (Å²) < 4.78 is 5.45. The van der Waals surface area contributed by atoms with Gasteiger partial charge >= 0.3 is 0 Å². The Kier molecular flexibility index (Phi) is 4.08. The molecule has 3 heterocycles. The van der Waals surface area contributed by atoms with Crippen molar-refractivity contribution in [2.24, 2.45) is 0 Å². The molecule has 0 saturated carbocycles. The van der Waals surface area contributed by atoms with Crippen molar-refractivity contribution in [1.29, 1.82) is 0 Å². The number of aromatic nitrogens is 2. The van der Waals surface area contributed by atoms with Gasteiger partial charge < -0.3 is 9.42 Å². The molecule has 0 radical (unpaired) electrons. The van der Waals surface area contributed by atoms with Gasteiger partial charge in [-0.05, 0) is 48.6 Å². The third-order valence-electron chi connectivity index (χ3n) is 4.07. The maximum Gasteiger partial charge on any atom is 0.264 e. The van der Waals surface area contributed by atoms with Gasteiger partial charge in [-0.15, -0.1) is 11.3 Å². The predicted octanol–water partition coefficient (Wildman–Crippen LogP) is 4.43. The van der Waals surface area contributed by atoms with Crippen LogP contribution in [-0.4, -0.2) is 27.5 Å². The molecule has 1 aliphatic rings. The summed E-state index contributed by atoms with van der Waals surface area (Å²) in [5.41, 5.74) is 0.837. The average molecular weight is 360 g/mol. The first-order chi connectivity index (χ1) is 11.7. The summed E-state index contributed by atoms with van der Waals surface area (Å²) in [6, 6.07) is 10.8. The standard InChI is InChI=1S/C17H14ClN3O2S/c18-12-7-5-11(6-8-12)15-19-16(23-20-15)13-3-1-9-21(13)17(22)14-4-2-10-24-14/h2,4-8,10,13H,1,3,9H2. The number of likely N-dealkylation sites (tertiary alicyclic amines) is 1. The lowest BCUT2D eigenvalue weighted by Crippen LogP contribution is -2.30. The van der Waals surface area contributed by atoms with Gasteiger partial charge in [-0.2, -0.15) is 4.98 Å². The number of hydrogen-bond donors (Lipinski definition) is 0. The fraction of sp³-hybridized carbons (Fsp3) is 0.235. The van der Waals surface area contributed by atoms with E-state index in [0.29, 0.717) is 23.3 Å². The van der Waals surface area contributed by atoms with E-state index in [1.165, 1.54) is 11.3 Å². The van der Waals surface area contributed by atoms with Crippen LogP contribution in [0.3, 0.4) is 0 Å². The molecule has 1 amide bonds. The van der Waals surface area contributed by atoms with Crippen LogP contribution in [0.15, 0.2) is 46.3 Å². The Morgan fingerprint density at radius 2 is 2.12 bits per heavy atom. The summed E-state index contributed by atoms with van der Waals surface area (Å²) in [5.74, 6) is 1.03. The molecule has 0 spiro atoms. The van der Waals surface area contributed by atoms with Crippen molar-refractivity contribution in [3.05, 3.63) is 57.6 Å². The Morgan fingerprint density at radius 1 is 1.29 bits per heavy atom.